The van der Waals surface area contributed by atoms with Crippen molar-refractivity contribution >= 4 is 28.8 Å². The Labute approximate surface area is 165 Å². The number of amides is 2. The van der Waals surface area contributed by atoms with Crippen molar-refractivity contribution in [2.75, 3.05) is 13.1 Å². The Hall–Kier alpha value is -3.94. The van der Waals surface area contributed by atoms with Gasteiger partial charge in [0.05, 0.1) is 5.56 Å². The fourth-order valence-electron chi connectivity index (χ4n) is 2.66. The molecule has 3 aromatic rings. The minimum atomic E-state index is -0.736. The van der Waals surface area contributed by atoms with Gasteiger partial charge in [0.15, 0.2) is 0 Å². The van der Waals surface area contributed by atoms with Crippen molar-refractivity contribution < 1.29 is 23.5 Å². The van der Waals surface area contributed by atoms with Crippen LogP contribution in [0.3, 0.4) is 0 Å². The summed E-state index contributed by atoms with van der Waals surface area (Å²) in [7, 11) is 0. The first-order valence-corrected chi connectivity index (χ1v) is 8.82. The number of hydrogen-bond donors (Lipinski definition) is 2. The second-order valence-electron chi connectivity index (χ2n) is 6.09. The van der Waals surface area contributed by atoms with Gasteiger partial charge < -0.3 is 19.8 Å². The third-order valence-corrected chi connectivity index (χ3v) is 3.97. The third kappa shape index (κ3) is 4.86. The van der Waals surface area contributed by atoms with Crippen molar-refractivity contribution in [3.63, 3.8) is 0 Å². The van der Waals surface area contributed by atoms with Gasteiger partial charge in [0.2, 0.25) is 0 Å². The summed E-state index contributed by atoms with van der Waals surface area (Å²) in [4.78, 5) is 47.7. The molecule has 0 saturated carbocycles. The minimum absolute atomic E-state index is 0.0899. The molecule has 0 spiro atoms. The highest BCUT2D eigenvalue weighted by Gasteiger charge is 2.15. The van der Waals surface area contributed by atoms with E-state index in [1.807, 2.05) is 0 Å². The van der Waals surface area contributed by atoms with Gasteiger partial charge in [0.1, 0.15) is 16.9 Å². The predicted molar refractivity (Wildman–Crippen MR) is 105 cm³/mol. The molecule has 1 heterocycles. The molecule has 0 aliphatic heterocycles. The van der Waals surface area contributed by atoms with Crippen LogP contribution in [0.1, 0.15) is 27.6 Å². The van der Waals surface area contributed by atoms with E-state index in [0.29, 0.717) is 11.0 Å². The Morgan fingerprint density at radius 2 is 1.52 bits per heavy atom. The maximum absolute atomic E-state index is 12.3. The quantitative estimate of drug-likeness (QED) is 0.286. The first-order chi connectivity index (χ1) is 14.0. The number of para-hydroxylation sites is 2. The summed E-state index contributed by atoms with van der Waals surface area (Å²) in [6.45, 7) is 1.44. The third-order valence-electron chi connectivity index (χ3n) is 3.97. The lowest BCUT2D eigenvalue weighted by molar-refractivity contribution is -0.131. The van der Waals surface area contributed by atoms with Gasteiger partial charge in [-0.1, -0.05) is 30.3 Å². The molecule has 0 aliphatic carbocycles. The first kappa shape index (κ1) is 19.8. The molecule has 0 radical (unpaired) electrons. The fraction of sp³-hybridized carbons (Fsp3) is 0.143. The van der Waals surface area contributed by atoms with E-state index in [2.05, 4.69) is 10.6 Å². The summed E-state index contributed by atoms with van der Waals surface area (Å²) >= 11 is 0. The molecular formula is C21H18N2O6. The molecule has 0 fully saturated rings. The number of fused-ring (bicyclic) bond motifs is 1. The van der Waals surface area contributed by atoms with Gasteiger partial charge in [-0.05, 0) is 24.3 Å². The zero-order valence-electron chi connectivity index (χ0n) is 15.6. The van der Waals surface area contributed by atoms with Gasteiger partial charge in [-0.15, -0.1) is 0 Å². The Morgan fingerprint density at radius 1 is 0.897 bits per heavy atom. The van der Waals surface area contributed by atoms with Crippen molar-refractivity contribution in [3.05, 3.63) is 76.1 Å². The first-order valence-electron chi connectivity index (χ1n) is 8.82. The number of nitrogens with one attached hydrogen (secondary N) is 2. The Morgan fingerprint density at radius 3 is 2.24 bits per heavy atom. The molecule has 0 aliphatic rings. The average molecular weight is 394 g/mol. The number of carbonyl (C=O) groups excluding carboxylic acids is 3. The van der Waals surface area contributed by atoms with E-state index in [9.17, 15) is 19.2 Å². The largest absolute Gasteiger partial charge is 0.426 e. The van der Waals surface area contributed by atoms with Crippen molar-refractivity contribution in [1.82, 2.24) is 10.6 Å². The van der Waals surface area contributed by atoms with Crippen LogP contribution in [0.15, 0.2) is 63.8 Å². The summed E-state index contributed by atoms with van der Waals surface area (Å²) in [6, 6.07) is 14.7. The van der Waals surface area contributed by atoms with E-state index in [1.54, 1.807) is 36.4 Å². The summed E-state index contributed by atoms with van der Waals surface area (Å²) in [5.74, 6) is -1.44. The molecule has 0 bridgehead atoms. The second-order valence-corrected chi connectivity index (χ2v) is 6.09. The van der Waals surface area contributed by atoms with Crippen LogP contribution in [-0.4, -0.2) is 30.9 Å². The molecule has 8 nitrogen and oxygen atoms in total. The second kappa shape index (κ2) is 8.83. The molecule has 0 saturated heterocycles. The Kier molecular flexibility index (Phi) is 6.03. The van der Waals surface area contributed by atoms with E-state index in [0.717, 1.165) is 0 Å². The van der Waals surface area contributed by atoms with E-state index in [4.69, 9.17) is 9.15 Å². The van der Waals surface area contributed by atoms with Gasteiger partial charge in [-0.2, -0.15) is 0 Å². The summed E-state index contributed by atoms with van der Waals surface area (Å²) < 4.78 is 10.1. The smallest absolute Gasteiger partial charge is 0.349 e. The predicted octanol–water partition coefficient (Wildman–Crippen LogP) is 1.88. The molecule has 2 aromatic carbocycles. The molecule has 0 unspecified atom stereocenters. The number of esters is 1. The van der Waals surface area contributed by atoms with Gasteiger partial charge in [0, 0.05) is 25.4 Å². The van der Waals surface area contributed by atoms with Crippen LogP contribution >= 0.6 is 0 Å². The number of carbonyl (C=O) groups is 3. The maximum Gasteiger partial charge on any atom is 0.349 e. The number of rotatable bonds is 6. The molecular weight excluding hydrogens is 376 g/mol. The molecule has 148 valence electrons. The van der Waals surface area contributed by atoms with Crippen molar-refractivity contribution in [2.24, 2.45) is 0 Å². The lowest BCUT2D eigenvalue weighted by Crippen LogP contribution is -2.36. The highest BCUT2D eigenvalue weighted by atomic mass is 16.5. The molecule has 0 atom stereocenters. The van der Waals surface area contributed by atoms with Crippen LogP contribution in [0.25, 0.3) is 11.0 Å². The maximum atomic E-state index is 12.3. The lowest BCUT2D eigenvalue weighted by atomic mass is 10.2. The Bertz CT molecular complexity index is 1140. The summed E-state index contributed by atoms with van der Waals surface area (Å²) in [6.07, 6.45) is 0. The van der Waals surface area contributed by atoms with Crippen molar-refractivity contribution in [1.29, 1.82) is 0 Å². The number of ether oxygens (including phenoxy) is 1. The molecule has 8 heteroatoms. The molecule has 29 heavy (non-hydrogen) atoms. The van der Waals surface area contributed by atoms with E-state index < -0.39 is 23.4 Å². The zero-order chi connectivity index (χ0) is 20.8. The van der Waals surface area contributed by atoms with Crippen LogP contribution in [-0.2, 0) is 4.79 Å². The van der Waals surface area contributed by atoms with Crippen molar-refractivity contribution in [3.8, 4) is 5.75 Å². The highest BCUT2D eigenvalue weighted by Crippen LogP contribution is 2.17. The summed E-state index contributed by atoms with van der Waals surface area (Å²) in [5.41, 5.74) is -0.257. The zero-order valence-corrected chi connectivity index (χ0v) is 15.6. The van der Waals surface area contributed by atoms with E-state index in [-0.39, 0.29) is 30.0 Å². The van der Waals surface area contributed by atoms with Crippen molar-refractivity contribution in [2.45, 2.75) is 6.92 Å². The molecule has 3 rings (SSSR count). The van der Waals surface area contributed by atoms with Gasteiger partial charge in [-0.25, -0.2) is 4.79 Å². The minimum Gasteiger partial charge on any atom is -0.426 e. The molecule has 1 aromatic heterocycles. The number of benzene rings is 2. The number of hydrogen-bond acceptors (Lipinski definition) is 6. The van der Waals surface area contributed by atoms with Crippen LogP contribution < -0.4 is 21.0 Å². The summed E-state index contributed by atoms with van der Waals surface area (Å²) in [5, 5.41) is 5.81. The SMILES string of the molecule is CC(=O)Oc1ccccc1C(=O)NCCNC(=O)c1cc2ccccc2oc1=O. The average Bonchev–Trinajstić information content (AvgIpc) is 2.70. The fourth-order valence-corrected chi connectivity index (χ4v) is 2.66. The monoisotopic (exact) mass is 394 g/mol. The van der Waals surface area contributed by atoms with Crippen LogP contribution in [0.4, 0.5) is 0 Å². The van der Waals surface area contributed by atoms with Gasteiger partial charge in [-0.3, -0.25) is 14.4 Å². The van der Waals surface area contributed by atoms with Crippen LogP contribution in [0.5, 0.6) is 5.75 Å². The van der Waals surface area contributed by atoms with E-state index in [1.165, 1.54) is 25.1 Å². The normalized spacial score (nSPS) is 10.4. The Balaban J connectivity index is 1.58. The van der Waals surface area contributed by atoms with E-state index >= 15 is 0 Å². The van der Waals surface area contributed by atoms with Crippen LogP contribution in [0, 0.1) is 0 Å². The van der Waals surface area contributed by atoms with Crippen LogP contribution in [0.2, 0.25) is 0 Å². The molecule has 2 amide bonds. The van der Waals surface area contributed by atoms with Gasteiger partial charge >= 0.3 is 11.6 Å². The highest BCUT2D eigenvalue weighted by molar-refractivity contribution is 5.98. The standard InChI is InChI=1S/C21H18N2O6/c1-13(24)28-18-9-5-3-7-15(18)19(25)22-10-11-23-20(26)16-12-14-6-2-4-8-17(14)29-21(16)27/h2-9,12H,10-11H2,1H3,(H,22,25)(H,23,26). The topological polar surface area (TPSA) is 115 Å². The van der Waals surface area contributed by atoms with Gasteiger partial charge in [0.25, 0.3) is 11.8 Å². The lowest BCUT2D eigenvalue weighted by Gasteiger charge is -2.10. The molecule has 2 N–H and O–H groups in total.